The van der Waals surface area contributed by atoms with Gasteiger partial charge in [0.1, 0.15) is 28.1 Å². The first-order chi connectivity index (χ1) is 18.7. The van der Waals surface area contributed by atoms with Gasteiger partial charge in [-0.25, -0.2) is 0 Å². The fourth-order valence-electron chi connectivity index (χ4n) is 3.90. The highest BCUT2D eigenvalue weighted by Gasteiger charge is 2.44. The maximum atomic E-state index is 13.0. The van der Waals surface area contributed by atoms with E-state index >= 15 is 0 Å². The Morgan fingerprint density at radius 1 is 0.625 bits per heavy atom. The minimum Gasteiger partial charge on any atom is -0.497 e. The predicted molar refractivity (Wildman–Crippen MR) is 148 cm³/mol. The van der Waals surface area contributed by atoms with Crippen LogP contribution in [0, 0.1) is 10.8 Å². The van der Waals surface area contributed by atoms with Crippen LogP contribution in [-0.4, -0.2) is 57.1 Å². The van der Waals surface area contributed by atoms with Gasteiger partial charge in [-0.3, -0.25) is 9.59 Å². The standard InChI is InChI=1S/C31H38O9/c1-28(2)35-17-30(5,18-36-28)26(32)39-23-12-10-21(11-13-23)8-9-22-14-24(34-7)16-25(15-22)40-27(33)31(6)19-37-29(3,4)38-20-31/h8-16H,17-20H2,1-7H3/b9-8+. The average molecular weight is 555 g/mol. The van der Waals surface area contributed by atoms with Crippen LogP contribution in [-0.2, 0) is 28.5 Å². The predicted octanol–water partition coefficient (Wildman–Crippen LogP) is 5.25. The minimum atomic E-state index is -0.926. The summed E-state index contributed by atoms with van der Waals surface area (Å²) in [7, 11) is 1.55. The zero-order valence-electron chi connectivity index (χ0n) is 24.2. The highest BCUT2D eigenvalue weighted by molar-refractivity contribution is 5.80. The first kappa shape index (κ1) is 29.7. The smallest absolute Gasteiger partial charge is 0.321 e. The van der Waals surface area contributed by atoms with Crippen LogP contribution in [0.15, 0.2) is 42.5 Å². The monoisotopic (exact) mass is 554 g/mol. The van der Waals surface area contributed by atoms with Crippen LogP contribution in [0.3, 0.4) is 0 Å². The summed E-state index contributed by atoms with van der Waals surface area (Å²) in [5, 5.41) is 0. The van der Waals surface area contributed by atoms with E-state index < -0.39 is 34.3 Å². The van der Waals surface area contributed by atoms with Crippen molar-refractivity contribution in [2.45, 2.75) is 53.1 Å². The van der Waals surface area contributed by atoms with Gasteiger partial charge in [0.25, 0.3) is 0 Å². The lowest BCUT2D eigenvalue weighted by Gasteiger charge is -2.39. The zero-order chi connectivity index (χ0) is 29.2. The van der Waals surface area contributed by atoms with Crippen LogP contribution < -0.4 is 14.2 Å². The second kappa shape index (κ2) is 11.3. The Morgan fingerprint density at radius 3 is 1.52 bits per heavy atom. The van der Waals surface area contributed by atoms with Gasteiger partial charge in [-0.2, -0.15) is 0 Å². The first-order valence-electron chi connectivity index (χ1n) is 13.2. The highest BCUT2D eigenvalue weighted by Crippen LogP contribution is 2.33. The van der Waals surface area contributed by atoms with Crippen molar-refractivity contribution in [3.8, 4) is 17.2 Å². The number of carbonyl (C=O) groups is 2. The van der Waals surface area contributed by atoms with Crippen molar-refractivity contribution in [2.24, 2.45) is 10.8 Å². The van der Waals surface area contributed by atoms with Crippen molar-refractivity contribution in [3.05, 3.63) is 53.6 Å². The Hall–Kier alpha value is -3.24. The molecule has 9 nitrogen and oxygen atoms in total. The molecule has 0 N–H and O–H groups in total. The molecule has 2 heterocycles. The molecule has 216 valence electrons. The van der Waals surface area contributed by atoms with Crippen molar-refractivity contribution in [3.63, 3.8) is 0 Å². The molecule has 0 amide bonds. The van der Waals surface area contributed by atoms with E-state index in [0.29, 0.717) is 17.2 Å². The molecule has 4 rings (SSSR count). The van der Waals surface area contributed by atoms with Gasteiger partial charge in [-0.1, -0.05) is 24.3 Å². The van der Waals surface area contributed by atoms with Crippen LogP contribution in [0.25, 0.3) is 12.2 Å². The third-order valence-corrected chi connectivity index (χ3v) is 6.85. The molecule has 0 aliphatic carbocycles. The van der Waals surface area contributed by atoms with Crippen LogP contribution in [0.2, 0.25) is 0 Å². The number of ether oxygens (including phenoxy) is 7. The fourth-order valence-corrected chi connectivity index (χ4v) is 3.90. The average Bonchev–Trinajstić information content (AvgIpc) is 2.91. The SMILES string of the molecule is COc1cc(/C=C/c2ccc(OC(=O)C3(C)COC(C)(C)OC3)cc2)cc(OC(=O)C2(C)COC(C)(C)OC2)c1. The van der Waals surface area contributed by atoms with Gasteiger partial charge in [0, 0.05) is 6.07 Å². The van der Waals surface area contributed by atoms with Crippen molar-refractivity contribution in [1.29, 1.82) is 0 Å². The summed E-state index contributed by atoms with van der Waals surface area (Å²) in [6, 6.07) is 12.4. The second-order valence-corrected chi connectivity index (χ2v) is 11.7. The van der Waals surface area contributed by atoms with Crippen LogP contribution in [0.1, 0.15) is 52.7 Å². The van der Waals surface area contributed by atoms with E-state index in [1.54, 1.807) is 45.2 Å². The third-order valence-electron chi connectivity index (χ3n) is 6.85. The normalized spacial score (nSPS) is 21.0. The van der Waals surface area contributed by atoms with E-state index in [2.05, 4.69) is 0 Å². The molecule has 2 aromatic rings. The Labute approximate surface area is 235 Å². The van der Waals surface area contributed by atoms with Gasteiger partial charge in [-0.15, -0.1) is 0 Å². The lowest BCUT2D eigenvalue weighted by atomic mass is 9.92. The number of esters is 2. The van der Waals surface area contributed by atoms with Crippen molar-refractivity contribution in [1.82, 2.24) is 0 Å². The Bertz CT molecular complexity index is 1240. The molecular weight excluding hydrogens is 516 g/mol. The van der Waals surface area contributed by atoms with E-state index in [4.69, 9.17) is 33.2 Å². The van der Waals surface area contributed by atoms with E-state index in [1.807, 2.05) is 58.0 Å². The number of rotatable bonds is 7. The maximum absolute atomic E-state index is 13.0. The van der Waals surface area contributed by atoms with E-state index in [1.165, 1.54) is 0 Å². The van der Waals surface area contributed by atoms with E-state index in [9.17, 15) is 9.59 Å². The van der Waals surface area contributed by atoms with Crippen LogP contribution in [0.5, 0.6) is 17.2 Å². The molecule has 2 aliphatic heterocycles. The molecule has 0 unspecified atom stereocenters. The number of carbonyl (C=O) groups excluding carboxylic acids is 2. The first-order valence-corrected chi connectivity index (χ1v) is 13.2. The lowest BCUT2D eigenvalue weighted by molar-refractivity contribution is -0.280. The van der Waals surface area contributed by atoms with Crippen molar-refractivity contribution in [2.75, 3.05) is 33.5 Å². The lowest BCUT2D eigenvalue weighted by Crippen LogP contribution is -2.50. The zero-order valence-corrected chi connectivity index (χ0v) is 24.2. The fraction of sp³-hybridized carbons (Fsp3) is 0.484. The number of methoxy groups -OCH3 is 1. The molecule has 2 aliphatic rings. The van der Waals surface area contributed by atoms with Gasteiger partial charge in [0.2, 0.25) is 0 Å². The number of benzene rings is 2. The number of hydrogen-bond donors (Lipinski definition) is 0. The maximum Gasteiger partial charge on any atom is 0.321 e. The quantitative estimate of drug-likeness (QED) is 0.258. The Balaban J connectivity index is 1.39. The summed E-state index contributed by atoms with van der Waals surface area (Å²) in [5.41, 5.74) is -0.157. The largest absolute Gasteiger partial charge is 0.497 e. The molecule has 0 bridgehead atoms. The molecule has 0 aromatic heterocycles. The van der Waals surface area contributed by atoms with Gasteiger partial charge < -0.3 is 33.2 Å². The molecule has 0 atom stereocenters. The molecule has 40 heavy (non-hydrogen) atoms. The Morgan fingerprint density at radius 2 is 1.05 bits per heavy atom. The van der Waals surface area contributed by atoms with Crippen molar-refractivity contribution >= 4 is 24.1 Å². The number of hydrogen-bond acceptors (Lipinski definition) is 9. The van der Waals surface area contributed by atoms with Crippen LogP contribution in [0.4, 0.5) is 0 Å². The Kier molecular flexibility index (Phi) is 8.42. The molecule has 9 heteroatoms. The highest BCUT2D eigenvalue weighted by atomic mass is 16.7. The second-order valence-electron chi connectivity index (χ2n) is 11.7. The van der Waals surface area contributed by atoms with Gasteiger partial charge >= 0.3 is 11.9 Å². The van der Waals surface area contributed by atoms with Gasteiger partial charge in [-0.05, 0) is 76.9 Å². The topological polar surface area (TPSA) is 98.8 Å². The minimum absolute atomic E-state index is 0.194. The molecule has 2 aromatic carbocycles. The summed E-state index contributed by atoms with van der Waals surface area (Å²) in [6.07, 6.45) is 3.77. The van der Waals surface area contributed by atoms with E-state index in [-0.39, 0.29) is 26.4 Å². The molecule has 2 fully saturated rings. The van der Waals surface area contributed by atoms with Crippen molar-refractivity contribution < 1.29 is 42.7 Å². The summed E-state index contributed by atoms with van der Waals surface area (Å²) in [4.78, 5) is 25.7. The third kappa shape index (κ3) is 7.28. The molecular formula is C31H38O9. The molecule has 2 saturated heterocycles. The summed E-state index contributed by atoms with van der Waals surface area (Å²) in [5.74, 6) is -0.978. The molecule has 0 radical (unpaired) electrons. The van der Waals surface area contributed by atoms with E-state index in [0.717, 1.165) is 11.1 Å². The van der Waals surface area contributed by atoms with Gasteiger partial charge in [0.15, 0.2) is 11.6 Å². The molecule has 0 saturated carbocycles. The van der Waals surface area contributed by atoms with Crippen LogP contribution >= 0.6 is 0 Å². The molecule has 0 spiro atoms. The van der Waals surface area contributed by atoms with Gasteiger partial charge in [0.05, 0.1) is 33.5 Å². The summed E-state index contributed by atoms with van der Waals surface area (Å²) in [6.45, 7) is 11.6. The summed E-state index contributed by atoms with van der Waals surface area (Å²) < 4.78 is 39.3. The summed E-state index contributed by atoms with van der Waals surface area (Å²) >= 11 is 0.